The van der Waals surface area contributed by atoms with Crippen LogP contribution in [0.25, 0.3) is 5.69 Å². The van der Waals surface area contributed by atoms with Gasteiger partial charge in [0.05, 0.1) is 12.3 Å². The molecule has 0 unspecified atom stereocenters. The van der Waals surface area contributed by atoms with Crippen LogP contribution in [0.5, 0.6) is 0 Å². The minimum Gasteiger partial charge on any atom is -0.396 e. The highest BCUT2D eigenvalue weighted by atomic mass is 32.1. The first-order valence-electron chi connectivity index (χ1n) is 6.34. The average molecular weight is 276 g/mol. The first-order valence-corrected chi connectivity index (χ1v) is 7.22. The summed E-state index contributed by atoms with van der Waals surface area (Å²) in [4.78, 5) is 12.9. The normalized spacial score (nSPS) is 16.3. The van der Waals surface area contributed by atoms with Gasteiger partial charge in [0.25, 0.3) is 5.91 Å². The molecule has 0 spiro atoms. The summed E-state index contributed by atoms with van der Waals surface area (Å²) in [5, 5.41) is 14.1. The Kier molecular flexibility index (Phi) is 3.16. The van der Waals surface area contributed by atoms with Gasteiger partial charge in [-0.1, -0.05) is 0 Å². The van der Waals surface area contributed by atoms with Crippen molar-refractivity contribution in [3.05, 3.63) is 40.8 Å². The van der Waals surface area contributed by atoms with E-state index in [-0.39, 0.29) is 17.9 Å². The Morgan fingerprint density at radius 2 is 2.16 bits per heavy atom. The number of carbonyl (C=O) groups excluding carboxylic acids is 1. The first-order chi connectivity index (χ1) is 9.24. The molecule has 2 aromatic heterocycles. The number of aromatic nitrogens is 1. The van der Waals surface area contributed by atoms with Crippen molar-refractivity contribution in [3.8, 4) is 5.69 Å². The Bertz CT molecular complexity index is 570. The summed E-state index contributed by atoms with van der Waals surface area (Å²) in [7, 11) is 0. The van der Waals surface area contributed by atoms with E-state index in [2.05, 4.69) is 5.32 Å². The van der Waals surface area contributed by atoms with Crippen LogP contribution in [0.15, 0.2) is 36.0 Å². The Morgan fingerprint density at radius 3 is 2.79 bits per heavy atom. The maximum absolute atomic E-state index is 12.2. The number of aliphatic hydroxyl groups is 1. The van der Waals surface area contributed by atoms with Gasteiger partial charge in [0.2, 0.25) is 0 Å². The lowest BCUT2D eigenvalue weighted by molar-refractivity contribution is 0.0939. The molecule has 0 aliphatic heterocycles. The molecule has 100 valence electrons. The summed E-state index contributed by atoms with van der Waals surface area (Å²) in [5.41, 5.74) is 0.849. The topological polar surface area (TPSA) is 54.3 Å². The van der Waals surface area contributed by atoms with Crippen LogP contribution in [0.1, 0.15) is 22.5 Å². The van der Waals surface area contributed by atoms with Crippen molar-refractivity contribution in [2.45, 2.75) is 12.8 Å². The monoisotopic (exact) mass is 276 g/mol. The Hall–Kier alpha value is -1.59. The molecule has 1 amide bonds. The largest absolute Gasteiger partial charge is 0.396 e. The second-order valence-corrected chi connectivity index (χ2v) is 5.98. The SMILES string of the molecule is O=C(NCC1(CO)CC1)c1sccc1-n1cccc1. The third kappa shape index (κ3) is 2.43. The number of hydrogen-bond acceptors (Lipinski definition) is 3. The minimum atomic E-state index is -0.0570. The molecule has 0 aromatic carbocycles. The van der Waals surface area contributed by atoms with Crippen LogP contribution < -0.4 is 5.32 Å². The summed E-state index contributed by atoms with van der Waals surface area (Å²) >= 11 is 1.44. The molecule has 4 nitrogen and oxygen atoms in total. The number of hydrogen-bond donors (Lipinski definition) is 2. The molecule has 1 aliphatic carbocycles. The van der Waals surface area contributed by atoms with Crippen LogP contribution in [0.3, 0.4) is 0 Å². The molecule has 2 aromatic rings. The third-order valence-electron chi connectivity index (χ3n) is 3.65. The summed E-state index contributed by atoms with van der Waals surface area (Å²) in [5.74, 6) is -0.0570. The Labute approximate surface area is 115 Å². The number of amides is 1. The minimum absolute atomic E-state index is 0.0550. The second kappa shape index (κ2) is 4.83. The van der Waals surface area contributed by atoms with E-state index in [4.69, 9.17) is 0 Å². The molecule has 1 saturated carbocycles. The predicted octanol–water partition coefficient (Wildman–Crippen LogP) is 2.04. The van der Waals surface area contributed by atoms with E-state index in [1.807, 2.05) is 40.5 Å². The summed E-state index contributed by atoms with van der Waals surface area (Å²) in [6, 6.07) is 5.81. The first kappa shape index (κ1) is 12.4. The van der Waals surface area contributed by atoms with Gasteiger partial charge in [-0.15, -0.1) is 11.3 Å². The van der Waals surface area contributed by atoms with E-state index in [1.165, 1.54) is 11.3 Å². The zero-order valence-corrected chi connectivity index (χ0v) is 11.3. The molecule has 5 heteroatoms. The van der Waals surface area contributed by atoms with Crippen molar-refractivity contribution < 1.29 is 9.90 Å². The summed E-state index contributed by atoms with van der Waals surface area (Å²) in [6.45, 7) is 0.716. The lowest BCUT2D eigenvalue weighted by Crippen LogP contribution is -2.31. The van der Waals surface area contributed by atoms with Gasteiger partial charge in [-0.3, -0.25) is 4.79 Å². The van der Waals surface area contributed by atoms with Crippen LogP contribution in [-0.4, -0.2) is 28.7 Å². The molecular formula is C14H16N2O2S. The van der Waals surface area contributed by atoms with Gasteiger partial charge in [-0.2, -0.15) is 0 Å². The van der Waals surface area contributed by atoms with Gasteiger partial charge in [0.1, 0.15) is 4.88 Å². The fourth-order valence-electron chi connectivity index (χ4n) is 2.09. The van der Waals surface area contributed by atoms with Crippen LogP contribution in [0.4, 0.5) is 0 Å². The van der Waals surface area contributed by atoms with Crippen LogP contribution in [0, 0.1) is 5.41 Å². The van der Waals surface area contributed by atoms with Gasteiger partial charge >= 0.3 is 0 Å². The maximum atomic E-state index is 12.2. The Balaban J connectivity index is 1.72. The van der Waals surface area contributed by atoms with E-state index in [9.17, 15) is 9.90 Å². The van der Waals surface area contributed by atoms with Crippen molar-refractivity contribution in [1.29, 1.82) is 0 Å². The zero-order chi connectivity index (χ0) is 13.3. The molecule has 19 heavy (non-hydrogen) atoms. The average Bonchev–Trinajstić information content (AvgIpc) is 2.86. The summed E-state index contributed by atoms with van der Waals surface area (Å²) < 4.78 is 1.93. The summed E-state index contributed by atoms with van der Waals surface area (Å²) in [6.07, 6.45) is 5.85. The van der Waals surface area contributed by atoms with Gasteiger partial charge in [-0.05, 0) is 36.4 Å². The molecule has 0 atom stereocenters. The molecule has 3 rings (SSSR count). The highest BCUT2D eigenvalue weighted by molar-refractivity contribution is 7.12. The maximum Gasteiger partial charge on any atom is 0.263 e. The number of aliphatic hydroxyl groups excluding tert-OH is 1. The fourth-order valence-corrected chi connectivity index (χ4v) is 2.89. The van der Waals surface area contributed by atoms with Crippen molar-refractivity contribution in [2.24, 2.45) is 5.41 Å². The lowest BCUT2D eigenvalue weighted by atomic mass is 10.1. The van der Waals surface area contributed by atoms with E-state index >= 15 is 0 Å². The lowest BCUT2D eigenvalue weighted by Gasteiger charge is -2.13. The van der Waals surface area contributed by atoms with Crippen molar-refractivity contribution >= 4 is 17.2 Å². The second-order valence-electron chi connectivity index (χ2n) is 5.07. The predicted molar refractivity (Wildman–Crippen MR) is 74.7 cm³/mol. The smallest absolute Gasteiger partial charge is 0.263 e. The highest BCUT2D eigenvalue weighted by Gasteiger charge is 2.42. The van der Waals surface area contributed by atoms with Crippen LogP contribution >= 0.6 is 11.3 Å². The molecule has 2 heterocycles. The van der Waals surface area contributed by atoms with Crippen LogP contribution in [0.2, 0.25) is 0 Å². The molecular weight excluding hydrogens is 260 g/mol. The van der Waals surface area contributed by atoms with Gasteiger partial charge in [0, 0.05) is 24.4 Å². The van der Waals surface area contributed by atoms with E-state index in [1.54, 1.807) is 0 Å². The van der Waals surface area contributed by atoms with Gasteiger partial charge in [0.15, 0.2) is 0 Å². The molecule has 0 saturated heterocycles. The molecule has 0 radical (unpaired) electrons. The van der Waals surface area contributed by atoms with E-state index in [0.29, 0.717) is 11.4 Å². The quantitative estimate of drug-likeness (QED) is 0.878. The number of nitrogens with zero attached hydrogens (tertiary/aromatic N) is 1. The number of carbonyl (C=O) groups is 1. The third-order valence-corrected chi connectivity index (χ3v) is 4.55. The number of nitrogens with one attached hydrogen (secondary N) is 1. The number of thiophene rings is 1. The highest BCUT2D eigenvalue weighted by Crippen LogP contribution is 2.44. The fraction of sp³-hybridized carbons (Fsp3) is 0.357. The molecule has 1 aliphatic rings. The molecule has 0 bridgehead atoms. The molecule has 2 N–H and O–H groups in total. The standard InChI is InChI=1S/C14H16N2O2S/c17-10-14(4-5-14)9-15-13(18)12-11(3-8-19-12)16-6-1-2-7-16/h1-3,6-8,17H,4-5,9-10H2,(H,15,18). The number of rotatable bonds is 5. The van der Waals surface area contributed by atoms with E-state index < -0.39 is 0 Å². The Morgan fingerprint density at radius 1 is 1.42 bits per heavy atom. The van der Waals surface area contributed by atoms with E-state index in [0.717, 1.165) is 18.5 Å². The van der Waals surface area contributed by atoms with Crippen molar-refractivity contribution in [2.75, 3.05) is 13.2 Å². The van der Waals surface area contributed by atoms with Gasteiger partial charge in [-0.25, -0.2) is 0 Å². The molecule has 1 fully saturated rings. The van der Waals surface area contributed by atoms with Crippen molar-refractivity contribution in [1.82, 2.24) is 9.88 Å². The van der Waals surface area contributed by atoms with Crippen LogP contribution in [-0.2, 0) is 0 Å². The van der Waals surface area contributed by atoms with Gasteiger partial charge < -0.3 is 15.0 Å². The zero-order valence-electron chi connectivity index (χ0n) is 10.5. The van der Waals surface area contributed by atoms with Crippen molar-refractivity contribution in [3.63, 3.8) is 0 Å².